The summed E-state index contributed by atoms with van der Waals surface area (Å²) >= 11 is 0. The fourth-order valence-corrected chi connectivity index (χ4v) is 1.88. The zero-order chi connectivity index (χ0) is 11.4. The molecule has 2 rings (SSSR count). The predicted molar refractivity (Wildman–Crippen MR) is 72.0 cm³/mol. The van der Waals surface area contributed by atoms with Crippen molar-refractivity contribution in [2.45, 2.75) is 12.6 Å². The third-order valence-corrected chi connectivity index (χ3v) is 2.76. The second kappa shape index (κ2) is 6.00. The first kappa shape index (κ1) is 14.0. The minimum atomic E-state index is -0.124. The monoisotopic (exact) mass is 255 g/mol. The number of piperazine rings is 1. The van der Waals surface area contributed by atoms with Crippen LogP contribution in [0, 0.1) is 0 Å². The van der Waals surface area contributed by atoms with Crippen LogP contribution >= 0.6 is 12.4 Å². The van der Waals surface area contributed by atoms with E-state index in [1.54, 1.807) is 0 Å². The highest BCUT2D eigenvalue weighted by atomic mass is 35.5. The Bertz CT molecular complexity index is 361. The summed E-state index contributed by atoms with van der Waals surface area (Å²) in [7, 11) is 0. The van der Waals surface area contributed by atoms with Gasteiger partial charge in [0.15, 0.2) is 0 Å². The first-order valence-electron chi connectivity index (χ1n) is 5.51. The Labute approximate surface area is 108 Å². The summed E-state index contributed by atoms with van der Waals surface area (Å²) in [5.74, 6) is 0. The average Bonchev–Trinajstić information content (AvgIpc) is 2.30. The van der Waals surface area contributed by atoms with E-state index in [9.17, 15) is 4.79 Å². The number of hydrogen-bond donors (Lipinski definition) is 3. The summed E-state index contributed by atoms with van der Waals surface area (Å²) in [5, 5.41) is 10.2. The van der Waals surface area contributed by atoms with Crippen LogP contribution in [0.25, 0.3) is 0 Å². The van der Waals surface area contributed by atoms with Crippen molar-refractivity contribution in [3.05, 3.63) is 29.8 Å². The number of nitrogens with one attached hydrogen (secondary N) is 3. The third kappa shape index (κ3) is 3.70. The number of carbonyl (C=O) groups is 1. The van der Waals surface area contributed by atoms with Crippen LogP contribution in [0.2, 0.25) is 0 Å². The minimum absolute atomic E-state index is 0. The van der Waals surface area contributed by atoms with E-state index in [-0.39, 0.29) is 18.1 Å². The van der Waals surface area contributed by atoms with Crippen molar-refractivity contribution in [1.82, 2.24) is 10.6 Å². The average molecular weight is 256 g/mol. The minimum Gasteiger partial charge on any atom is -0.366 e. The molecule has 1 fully saturated rings. The van der Waals surface area contributed by atoms with Gasteiger partial charge < -0.3 is 10.6 Å². The van der Waals surface area contributed by atoms with Crippen LogP contribution in [0.4, 0.5) is 5.69 Å². The number of halogens is 1. The number of carbonyl (C=O) groups excluding carboxylic acids is 1. The molecule has 4 nitrogen and oxygen atoms in total. The van der Waals surface area contributed by atoms with Gasteiger partial charge in [-0.15, -0.1) is 12.4 Å². The van der Waals surface area contributed by atoms with Crippen LogP contribution in [-0.4, -0.2) is 31.6 Å². The topological polar surface area (TPSA) is 53.2 Å². The van der Waals surface area contributed by atoms with Crippen molar-refractivity contribution in [2.75, 3.05) is 25.0 Å². The van der Waals surface area contributed by atoms with E-state index < -0.39 is 0 Å². The molecular weight excluding hydrogens is 238 g/mol. The highest BCUT2D eigenvalue weighted by Crippen LogP contribution is 2.14. The smallest absolute Gasteiger partial charge is 0.150 e. The molecule has 0 bridgehead atoms. The van der Waals surface area contributed by atoms with E-state index in [0.29, 0.717) is 5.56 Å². The molecule has 1 saturated heterocycles. The number of hydrogen-bond acceptors (Lipinski definition) is 4. The molecule has 0 saturated carbocycles. The Morgan fingerprint density at radius 3 is 2.53 bits per heavy atom. The van der Waals surface area contributed by atoms with Gasteiger partial charge in [-0.05, 0) is 31.2 Å². The molecule has 3 N–H and O–H groups in total. The quantitative estimate of drug-likeness (QED) is 0.712. The van der Waals surface area contributed by atoms with Gasteiger partial charge in [-0.25, -0.2) is 0 Å². The van der Waals surface area contributed by atoms with E-state index in [1.807, 2.05) is 24.3 Å². The molecule has 17 heavy (non-hydrogen) atoms. The molecule has 0 amide bonds. The lowest BCUT2D eigenvalue weighted by Crippen LogP contribution is -2.61. The normalized spacial score (nSPS) is 23.6. The second-order valence-electron chi connectivity index (χ2n) is 4.30. The van der Waals surface area contributed by atoms with Crippen molar-refractivity contribution in [1.29, 1.82) is 0 Å². The summed E-state index contributed by atoms with van der Waals surface area (Å²) < 4.78 is 0. The highest BCUT2D eigenvalue weighted by Gasteiger charge is 2.25. The zero-order valence-electron chi connectivity index (χ0n) is 9.82. The van der Waals surface area contributed by atoms with Gasteiger partial charge in [0.05, 0.1) is 5.66 Å². The Balaban J connectivity index is 0.00000144. The van der Waals surface area contributed by atoms with Crippen LogP contribution in [0.15, 0.2) is 24.3 Å². The Kier molecular flexibility index (Phi) is 4.93. The lowest BCUT2D eigenvalue weighted by molar-refractivity contribution is 0.112. The van der Waals surface area contributed by atoms with E-state index in [0.717, 1.165) is 31.6 Å². The molecule has 0 radical (unpaired) electrons. The van der Waals surface area contributed by atoms with E-state index in [2.05, 4.69) is 22.9 Å². The molecule has 1 heterocycles. The number of aldehydes is 1. The van der Waals surface area contributed by atoms with Crippen molar-refractivity contribution < 1.29 is 4.79 Å². The van der Waals surface area contributed by atoms with Crippen molar-refractivity contribution >= 4 is 24.4 Å². The van der Waals surface area contributed by atoms with E-state index in [4.69, 9.17) is 0 Å². The van der Waals surface area contributed by atoms with E-state index in [1.165, 1.54) is 0 Å². The summed E-state index contributed by atoms with van der Waals surface area (Å²) in [6.07, 6.45) is 0.853. The maximum absolute atomic E-state index is 10.5. The lowest BCUT2D eigenvalue weighted by Gasteiger charge is -2.37. The van der Waals surface area contributed by atoms with Crippen molar-refractivity contribution in [2.24, 2.45) is 0 Å². The van der Waals surface area contributed by atoms with Crippen LogP contribution in [-0.2, 0) is 0 Å². The Morgan fingerprint density at radius 2 is 2.00 bits per heavy atom. The zero-order valence-corrected chi connectivity index (χ0v) is 10.6. The molecule has 1 aromatic carbocycles. The molecule has 0 unspecified atom stereocenters. The van der Waals surface area contributed by atoms with Gasteiger partial charge in [0.2, 0.25) is 0 Å². The molecular formula is C12H18ClN3O. The Hall–Kier alpha value is -1.10. The molecule has 0 spiro atoms. The molecule has 1 aliphatic rings. The fraction of sp³-hybridized carbons (Fsp3) is 0.417. The summed E-state index contributed by atoms with van der Waals surface area (Å²) in [4.78, 5) is 10.5. The standard InChI is InChI=1S/C12H17N3O.ClH/c1-12(9-13-6-7-14-12)15-11-4-2-10(8-16)3-5-11;/h2-5,8,13-15H,6-7,9H2,1H3;1H/t12-;/m0./s1. The van der Waals surface area contributed by atoms with Gasteiger partial charge in [0.25, 0.3) is 0 Å². The summed E-state index contributed by atoms with van der Waals surface area (Å²) in [6, 6.07) is 7.47. The van der Waals surface area contributed by atoms with Crippen molar-refractivity contribution in [3.63, 3.8) is 0 Å². The highest BCUT2D eigenvalue weighted by molar-refractivity contribution is 5.85. The summed E-state index contributed by atoms with van der Waals surface area (Å²) in [5.41, 5.74) is 1.59. The largest absolute Gasteiger partial charge is 0.366 e. The molecule has 1 aliphatic heterocycles. The number of anilines is 1. The molecule has 0 aromatic heterocycles. The summed E-state index contributed by atoms with van der Waals surface area (Å²) in [6.45, 7) is 4.95. The number of benzene rings is 1. The van der Waals surface area contributed by atoms with Gasteiger partial charge in [-0.3, -0.25) is 10.1 Å². The van der Waals surface area contributed by atoms with Crippen LogP contribution in [0.5, 0.6) is 0 Å². The van der Waals surface area contributed by atoms with E-state index >= 15 is 0 Å². The number of rotatable bonds is 3. The first-order chi connectivity index (χ1) is 7.72. The van der Waals surface area contributed by atoms with Gasteiger partial charge in [-0.2, -0.15) is 0 Å². The van der Waals surface area contributed by atoms with Gasteiger partial charge in [-0.1, -0.05) is 0 Å². The molecule has 94 valence electrons. The second-order valence-corrected chi connectivity index (χ2v) is 4.30. The maximum atomic E-state index is 10.5. The van der Waals surface area contributed by atoms with Gasteiger partial charge in [0.1, 0.15) is 6.29 Å². The first-order valence-corrected chi connectivity index (χ1v) is 5.51. The lowest BCUT2D eigenvalue weighted by atomic mass is 10.1. The van der Waals surface area contributed by atoms with Crippen LogP contribution < -0.4 is 16.0 Å². The van der Waals surface area contributed by atoms with Crippen molar-refractivity contribution in [3.8, 4) is 0 Å². The molecule has 1 atom stereocenters. The predicted octanol–water partition coefficient (Wildman–Crippen LogP) is 1.24. The third-order valence-electron chi connectivity index (χ3n) is 2.76. The molecule has 1 aromatic rings. The van der Waals surface area contributed by atoms with Crippen LogP contribution in [0.3, 0.4) is 0 Å². The van der Waals surface area contributed by atoms with Gasteiger partial charge >= 0.3 is 0 Å². The maximum Gasteiger partial charge on any atom is 0.150 e. The van der Waals surface area contributed by atoms with Gasteiger partial charge in [0, 0.05) is 30.9 Å². The van der Waals surface area contributed by atoms with Crippen LogP contribution in [0.1, 0.15) is 17.3 Å². The SMILES string of the molecule is C[C@]1(Nc2ccc(C=O)cc2)CNCCN1.Cl. The molecule has 0 aliphatic carbocycles. The molecule has 5 heteroatoms. The Morgan fingerprint density at radius 1 is 1.29 bits per heavy atom. The fourth-order valence-electron chi connectivity index (χ4n) is 1.88.